The van der Waals surface area contributed by atoms with Crippen molar-refractivity contribution in [2.75, 3.05) is 18.0 Å². The van der Waals surface area contributed by atoms with Crippen LogP contribution in [0.4, 0.5) is 5.69 Å². The van der Waals surface area contributed by atoms with Gasteiger partial charge in [-0.1, -0.05) is 6.07 Å². The van der Waals surface area contributed by atoms with Gasteiger partial charge in [0.25, 0.3) is 0 Å². The van der Waals surface area contributed by atoms with Gasteiger partial charge in [-0.05, 0) is 37.5 Å². The molecule has 1 unspecified atom stereocenters. The second-order valence-corrected chi connectivity index (χ2v) is 6.86. The fourth-order valence-electron chi connectivity index (χ4n) is 3.94. The zero-order valence-corrected chi connectivity index (χ0v) is 14.0. The van der Waals surface area contributed by atoms with Crippen LogP contribution in [-0.4, -0.2) is 35.8 Å². The van der Waals surface area contributed by atoms with Crippen LogP contribution in [0.25, 0.3) is 10.9 Å². The van der Waals surface area contributed by atoms with Crippen LogP contribution < -0.4 is 10.2 Å². The Morgan fingerprint density at radius 2 is 1.88 bits per heavy atom. The van der Waals surface area contributed by atoms with Crippen LogP contribution in [0.15, 0.2) is 30.5 Å². The molecule has 3 heterocycles. The van der Waals surface area contributed by atoms with Crippen LogP contribution in [-0.2, 0) is 14.4 Å². The van der Waals surface area contributed by atoms with Gasteiger partial charge in [-0.3, -0.25) is 14.9 Å². The zero-order chi connectivity index (χ0) is 17.4. The van der Waals surface area contributed by atoms with Crippen LogP contribution in [0.5, 0.6) is 0 Å². The Hall–Kier alpha value is -2.63. The molecule has 2 saturated heterocycles. The summed E-state index contributed by atoms with van der Waals surface area (Å²) in [5.74, 6) is -0.258. The number of carbonyl (C=O) groups excluding carboxylic acids is 3. The summed E-state index contributed by atoms with van der Waals surface area (Å²) in [7, 11) is 0. The van der Waals surface area contributed by atoms with Gasteiger partial charge in [-0.2, -0.15) is 0 Å². The molecular weight excluding hydrogens is 318 g/mol. The quantitative estimate of drug-likeness (QED) is 0.686. The summed E-state index contributed by atoms with van der Waals surface area (Å²) in [4.78, 5) is 36.9. The number of benzene rings is 1. The highest BCUT2D eigenvalue weighted by Crippen LogP contribution is 2.33. The van der Waals surface area contributed by atoms with E-state index in [0.717, 1.165) is 48.8 Å². The third kappa shape index (κ3) is 2.81. The summed E-state index contributed by atoms with van der Waals surface area (Å²) in [5.41, 5.74) is 2.15. The van der Waals surface area contributed by atoms with Gasteiger partial charge in [0.05, 0.1) is 5.52 Å². The average molecular weight is 339 g/mol. The van der Waals surface area contributed by atoms with Crippen molar-refractivity contribution in [1.82, 2.24) is 9.88 Å². The molecule has 0 aliphatic carbocycles. The van der Waals surface area contributed by atoms with Crippen molar-refractivity contribution in [1.29, 1.82) is 0 Å². The molecule has 0 saturated carbocycles. The Labute approximate surface area is 145 Å². The van der Waals surface area contributed by atoms with Gasteiger partial charge in [-0.15, -0.1) is 0 Å². The number of carbonyl (C=O) groups is 3. The van der Waals surface area contributed by atoms with Crippen molar-refractivity contribution in [3.05, 3.63) is 30.5 Å². The largest absolute Gasteiger partial charge is 0.371 e. The third-order valence-electron chi connectivity index (χ3n) is 5.36. The zero-order valence-electron chi connectivity index (χ0n) is 14.0. The Morgan fingerprint density at radius 1 is 1.08 bits per heavy atom. The van der Waals surface area contributed by atoms with E-state index >= 15 is 0 Å². The summed E-state index contributed by atoms with van der Waals surface area (Å²) in [6, 6.07) is 7.82. The highest BCUT2D eigenvalue weighted by molar-refractivity contribution is 6.01. The number of amides is 2. The van der Waals surface area contributed by atoms with Crippen molar-refractivity contribution in [2.24, 2.45) is 5.92 Å². The normalized spacial score (nSPS) is 22.2. The van der Waals surface area contributed by atoms with Gasteiger partial charge < -0.3 is 14.3 Å². The lowest BCUT2D eigenvalue weighted by molar-refractivity contribution is -0.135. The highest BCUT2D eigenvalue weighted by atomic mass is 16.2. The van der Waals surface area contributed by atoms with Crippen LogP contribution in [0.3, 0.4) is 0 Å². The third-order valence-corrected chi connectivity index (χ3v) is 5.36. The average Bonchev–Trinajstić information content (AvgIpc) is 3.06. The van der Waals surface area contributed by atoms with Crippen molar-refractivity contribution < 1.29 is 14.4 Å². The first-order valence-electron chi connectivity index (χ1n) is 8.81. The number of nitrogens with zero attached hydrogens (tertiary/aromatic N) is 2. The fraction of sp³-hybridized carbons (Fsp3) is 0.421. The molecule has 2 aliphatic rings. The minimum atomic E-state index is -0.341. The van der Waals surface area contributed by atoms with Crippen LogP contribution in [0.2, 0.25) is 0 Å². The molecule has 1 atom stereocenters. The SMILES string of the molecule is O=CC1CCN(c2cccc3c2ccn3C2CCC(=O)NC2=O)CC1. The Morgan fingerprint density at radius 3 is 2.60 bits per heavy atom. The van der Waals surface area contributed by atoms with E-state index < -0.39 is 0 Å². The molecule has 0 bridgehead atoms. The number of fused-ring (bicyclic) bond motifs is 1. The minimum absolute atomic E-state index is 0.170. The standard InChI is InChI=1S/C19H21N3O3/c23-12-13-6-9-21(10-7-13)15-2-1-3-16-14(15)8-11-22(16)17-4-5-18(24)20-19(17)25/h1-3,8,11-13,17H,4-7,9-10H2,(H,20,24,25). The maximum absolute atomic E-state index is 12.2. The number of hydrogen-bond donors (Lipinski definition) is 1. The lowest BCUT2D eigenvalue weighted by Crippen LogP contribution is -2.41. The molecule has 2 fully saturated rings. The van der Waals surface area contributed by atoms with Crippen LogP contribution in [0, 0.1) is 5.92 Å². The number of hydrogen-bond acceptors (Lipinski definition) is 4. The molecule has 25 heavy (non-hydrogen) atoms. The number of aromatic nitrogens is 1. The van der Waals surface area contributed by atoms with Gasteiger partial charge in [0.2, 0.25) is 11.8 Å². The molecule has 6 heteroatoms. The first kappa shape index (κ1) is 15.9. The molecule has 0 radical (unpaired) electrons. The summed E-state index contributed by atoms with van der Waals surface area (Å²) in [5, 5.41) is 3.54. The van der Waals surface area contributed by atoms with Crippen LogP contribution in [0.1, 0.15) is 31.7 Å². The molecule has 1 aromatic carbocycles. The molecule has 1 aromatic heterocycles. The van der Waals surface area contributed by atoms with E-state index in [-0.39, 0.29) is 23.8 Å². The molecule has 2 aromatic rings. The summed E-state index contributed by atoms with van der Waals surface area (Å²) in [6.45, 7) is 1.73. The maximum Gasteiger partial charge on any atom is 0.249 e. The number of anilines is 1. The second-order valence-electron chi connectivity index (χ2n) is 6.86. The number of nitrogens with one attached hydrogen (secondary N) is 1. The summed E-state index contributed by atoms with van der Waals surface area (Å²) >= 11 is 0. The molecule has 130 valence electrons. The summed E-state index contributed by atoms with van der Waals surface area (Å²) < 4.78 is 1.97. The van der Waals surface area contributed by atoms with Gasteiger partial charge >= 0.3 is 0 Å². The molecule has 4 rings (SSSR count). The lowest BCUT2D eigenvalue weighted by Gasteiger charge is -2.32. The molecular formula is C19H21N3O3. The van der Waals surface area contributed by atoms with E-state index in [4.69, 9.17) is 0 Å². The van der Waals surface area contributed by atoms with Gasteiger partial charge in [0, 0.05) is 42.7 Å². The molecule has 0 spiro atoms. The van der Waals surface area contributed by atoms with Crippen molar-refractivity contribution in [2.45, 2.75) is 31.7 Å². The molecule has 2 aliphatic heterocycles. The Balaban J connectivity index is 1.66. The van der Waals surface area contributed by atoms with Crippen molar-refractivity contribution in [3.8, 4) is 0 Å². The number of rotatable bonds is 3. The van der Waals surface area contributed by atoms with E-state index in [0.29, 0.717) is 12.8 Å². The number of imide groups is 1. The maximum atomic E-state index is 12.2. The molecule has 1 N–H and O–H groups in total. The van der Waals surface area contributed by atoms with E-state index in [1.807, 2.05) is 29.0 Å². The minimum Gasteiger partial charge on any atom is -0.371 e. The van der Waals surface area contributed by atoms with Gasteiger partial charge in [0.15, 0.2) is 0 Å². The Kier molecular flexibility index (Phi) is 4.03. The molecule has 2 amide bonds. The second kappa shape index (κ2) is 6.35. The Bertz CT molecular complexity index is 834. The monoisotopic (exact) mass is 339 g/mol. The predicted molar refractivity (Wildman–Crippen MR) is 94.4 cm³/mol. The highest BCUT2D eigenvalue weighted by Gasteiger charge is 2.29. The number of piperidine rings is 2. The first-order chi connectivity index (χ1) is 12.2. The van der Waals surface area contributed by atoms with E-state index in [1.54, 1.807) is 0 Å². The summed E-state index contributed by atoms with van der Waals surface area (Å²) in [6.07, 6.45) is 5.67. The van der Waals surface area contributed by atoms with Gasteiger partial charge in [0.1, 0.15) is 12.3 Å². The van der Waals surface area contributed by atoms with Crippen molar-refractivity contribution in [3.63, 3.8) is 0 Å². The lowest BCUT2D eigenvalue weighted by atomic mass is 9.98. The van der Waals surface area contributed by atoms with Crippen LogP contribution >= 0.6 is 0 Å². The first-order valence-corrected chi connectivity index (χ1v) is 8.81. The number of aldehydes is 1. The topological polar surface area (TPSA) is 71.4 Å². The predicted octanol–water partition coefficient (Wildman–Crippen LogP) is 2.03. The van der Waals surface area contributed by atoms with E-state index in [1.165, 1.54) is 0 Å². The molecule has 6 nitrogen and oxygen atoms in total. The van der Waals surface area contributed by atoms with Crippen molar-refractivity contribution >= 4 is 34.7 Å². The fourth-order valence-corrected chi connectivity index (χ4v) is 3.94. The van der Waals surface area contributed by atoms with Gasteiger partial charge in [-0.25, -0.2) is 0 Å². The van der Waals surface area contributed by atoms with E-state index in [9.17, 15) is 14.4 Å². The van der Waals surface area contributed by atoms with E-state index in [2.05, 4.69) is 16.3 Å². The smallest absolute Gasteiger partial charge is 0.249 e.